The van der Waals surface area contributed by atoms with Gasteiger partial charge in [-0.05, 0) is 30.5 Å². The predicted molar refractivity (Wildman–Crippen MR) is 78.4 cm³/mol. The Morgan fingerprint density at radius 1 is 1.35 bits per heavy atom. The van der Waals surface area contributed by atoms with Gasteiger partial charge in [-0.3, -0.25) is 9.78 Å². The summed E-state index contributed by atoms with van der Waals surface area (Å²) in [5, 5.41) is 3.10. The standard InChI is InChI=1S/C16H19N3O/c1-10(2)7-12-8-15-13(16(20)18-12)9-14(19-15)11-3-5-17-6-4-11/h3-6,9-10,12,19H,7-8H2,1-2H3,(H,18,20). The predicted octanol–water partition coefficient (Wildman–Crippen LogP) is 2.78. The molecule has 0 bridgehead atoms. The number of nitrogens with zero attached hydrogens (tertiary/aromatic N) is 1. The van der Waals surface area contributed by atoms with Crippen molar-refractivity contribution in [3.63, 3.8) is 0 Å². The highest BCUT2D eigenvalue weighted by Gasteiger charge is 2.26. The number of hydrogen-bond donors (Lipinski definition) is 2. The molecule has 3 rings (SSSR count). The van der Waals surface area contributed by atoms with Crippen LogP contribution in [0.25, 0.3) is 11.3 Å². The van der Waals surface area contributed by atoms with E-state index in [0.29, 0.717) is 5.92 Å². The molecule has 1 aliphatic heterocycles. The molecule has 2 aromatic heterocycles. The van der Waals surface area contributed by atoms with Crippen LogP contribution < -0.4 is 5.32 Å². The van der Waals surface area contributed by atoms with Gasteiger partial charge < -0.3 is 10.3 Å². The molecule has 0 aromatic carbocycles. The minimum Gasteiger partial charge on any atom is -0.358 e. The first-order valence-electron chi connectivity index (χ1n) is 7.06. The summed E-state index contributed by atoms with van der Waals surface area (Å²) < 4.78 is 0. The molecule has 1 amide bonds. The largest absolute Gasteiger partial charge is 0.358 e. The van der Waals surface area contributed by atoms with Crippen molar-refractivity contribution in [2.45, 2.75) is 32.7 Å². The van der Waals surface area contributed by atoms with E-state index < -0.39 is 0 Å². The van der Waals surface area contributed by atoms with Gasteiger partial charge >= 0.3 is 0 Å². The minimum atomic E-state index is 0.0356. The van der Waals surface area contributed by atoms with E-state index in [1.54, 1.807) is 12.4 Å². The van der Waals surface area contributed by atoms with E-state index in [-0.39, 0.29) is 11.9 Å². The van der Waals surface area contributed by atoms with Gasteiger partial charge in [0.2, 0.25) is 0 Å². The fraction of sp³-hybridized carbons (Fsp3) is 0.375. The van der Waals surface area contributed by atoms with Crippen LogP contribution in [-0.2, 0) is 6.42 Å². The third kappa shape index (κ3) is 2.46. The molecule has 4 nitrogen and oxygen atoms in total. The lowest BCUT2D eigenvalue weighted by atomic mass is 9.95. The third-order valence-electron chi connectivity index (χ3n) is 3.68. The number of amides is 1. The molecule has 20 heavy (non-hydrogen) atoms. The molecule has 1 atom stereocenters. The Morgan fingerprint density at radius 3 is 2.80 bits per heavy atom. The van der Waals surface area contributed by atoms with Gasteiger partial charge in [0.05, 0.1) is 5.56 Å². The highest BCUT2D eigenvalue weighted by atomic mass is 16.1. The summed E-state index contributed by atoms with van der Waals surface area (Å²) in [6, 6.07) is 6.06. The van der Waals surface area contributed by atoms with Crippen LogP contribution in [0.1, 0.15) is 36.3 Å². The molecule has 2 aromatic rings. The van der Waals surface area contributed by atoms with Crippen molar-refractivity contribution in [2.75, 3.05) is 0 Å². The van der Waals surface area contributed by atoms with Crippen molar-refractivity contribution in [1.82, 2.24) is 15.3 Å². The average Bonchev–Trinajstić information content (AvgIpc) is 2.83. The number of aromatic amines is 1. The molecule has 0 spiro atoms. The van der Waals surface area contributed by atoms with Crippen LogP contribution in [0.5, 0.6) is 0 Å². The SMILES string of the molecule is CC(C)CC1Cc2[nH]c(-c3ccncc3)cc2C(=O)N1. The lowest BCUT2D eigenvalue weighted by Crippen LogP contribution is -2.41. The number of carbonyl (C=O) groups is 1. The van der Waals surface area contributed by atoms with Crippen molar-refractivity contribution >= 4 is 5.91 Å². The van der Waals surface area contributed by atoms with Gasteiger partial charge in [0.1, 0.15) is 0 Å². The monoisotopic (exact) mass is 269 g/mol. The lowest BCUT2D eigenvalue weighted by molar-refractivity contribution is 0.0919. The van der Waals surface area contributed by atoms with E-state index in [9.17, 15) is 4.79 Å². The summed E-state index contributed by atoms with van der Waals surface area (Å²) in [7, 11) is 0. The summed E-state index contributed by atoms with van der Waals surface area (Å²) in [5.74, 6) is 0.616. The van der Waals surface area contributed by atoms with Crippen molar-refractivity contribution in [3.8, 4) is 11.3 Å². The first kappa shape index (κ1) is 12.9. The number of H-pyrrole nitrogens is 1. The average molecular weight is 269 g/mol. The summed E-state index contributed by atoms with van der Waals surface area (Å²) in [6.45, 7) is 4.36. The summed E-state index contributed by atoms with van der Waals surface area (Å²) in [4.78, 5) is 19.6. The lowest BCUT2D eigenvalue weighted by Gasteiger charge is -2.24. The van der Waals surface area contributed by atoms with Crippen LogP contribution in [-0.4, -0.2) is 21.9 Å². The molecule has 2 N–H and O–H groups in total. The number of rotatable bonds is 3. The van der Waals surface area contributed by atoms with E-state index in [1.807, 2.05) is 18.2 Å². The molecular formula is C16H19N3O. The zero-order valence-corrected chi connectivity index (χ0v) is 11.8. The second-order valence-corrected chi connectivity index (χ2v) is 5.82. The molecule has 104 valence electrons. The molecular weight excluding hydrogens is 250 g/mol. The summed E-state index contributed by atoms with van der Waals surface area (Å²) in [6.07, 6.45) is 5.41. The summed E-state index contributed by atoms with van der Waals surface area (Å²) >= 11 is 0. The van der Waals surface area contributed by atoms with Gasteiger partial charge in [0, 0.05) is 41.8 Å². The molecule has 0 saturated carbocycles. The molecule has 1 aliphatic rings. The van der Waals surface area contributed by atoms with Gasteiger partial charge in [-0.2, -0.15) is 0 Å². The molecule has 1 unspecified atom stereocenters. The van der Waals surface area contributed by atoms with E-state index in [0.717, 1.165) is 35.4 Å². The molecule has 0 saturated heterocycles. The van der Waals surface area contributed by atoms with Crippen LogP contribution in [0, 0.1) is 5.92 Å². The number of pyridine rings is 1. The van der Waals surface area contributed by atoms with Crippen LogP contribution in [0.15, 0.2) is 30.6 Å². The van der Waals surface area contributed by atoms with Crippen molar-refractivity contribution in [3.05, 3.63) is 41.9 Å². The number of aromatic nitrogens is 2. The zero-order chi connectivity index (χ0) is 14.1. The van der Waals surface area contributed by atoms with Gasteiger partial charge in [-0.25, -0.2) is 0 Å². The highest BCUT2D eigenvalue weighted by Crippen LogP contribution is 2.26. The Hall–Kier alpha value is -2.10. The Labute approximate surface area is 118 Å². The maximum absolute atomic E-state index is 12.2. The number of nitrogens with one attached hydrogen (secondary N) is 2. The first-order valence-corrected chi connectivity index (χ1v) is 7.06. The topological polar surface area (TPSA) is 57.8 Å². The minimum absolute atomic E-state index is 0.0356. The molecule has 3 heterocycles. The zero-order valence-electron chi connectivity index (χ0n) is 11.8. The second-order valence-electron chi connectivity index (χ2n) is 5.82. The maximum Gasteiger partial charge on any atom is 0.253 e. The molecule has 0 radical (unpaired) electrons. The van der Waals surface area contributed by atoms with E-state index in [1.165, 1.54) is 0 Å². The van der Waals surface area contributed by atoms with E-state index in [2.05, 4.69) is 29.1 Å². The fourth-order valence-electron chi connectivity index (χ4n) is 2.82. The Bertz CT molecular complexity index is 616. The quantitative estimate of drug-likeness (QED) is 0.900. The number of carbonyl (C=O) groups excluding carboxylic acids is 1. The highest BCUT2D eigenvalue weighted by molar-refractivity contribution is 5.98. The number of fused-ring (bicyclic) bond motifs is 1. The second kappa shape index (κ2) is 5.12. The Kier molecular flexibility index (Phi) is 3.30. The van der Waals surface area contributed by atoms with E-state index >= 15 is 0 Å². The Balaban J connectivity index is 1.90. The van der Waals surface area contributed by atoms with Gasteiger partial charge in [0.15, 0.2) is 0 Å². The van der Waals surface area contributed by atoms with Gasteiger partial charge in [0.25, 0.3) is 5.91 Å². The first-order chi connectivity index (χ1) is 9.63. The van der Waals surface area contributed by atoms with Crippen LogP contribution in [0.4, 0.5) is 0 Å². The smallest absolute Gasteiger partial charge is 0.253 e. The van der Waals surface area contributed by atoms with Crippen LogP contribution >= 0.6 is 0 Å². The van der Waals surface area contributed by atoms with Crippen LogP contribution in [0.3, 0.4) is 0 Å². The normalized spacial score (nSPS) is 17.9. The fourth-order valence-corrected chi connectivity index (χ4v) is 2.82. The van der Waals surface area contributed by atoms with Crippen molar-refractivity contribution < 1.29 is 4.79 Å². The van der Waals surface area contributed by atoms with Gasteiger partial charge in [-0.15, -0.1) is 0 Å². The molecule has 0 fully saturated rings. The van der Waals surface area contributed by atoms with Crippen molar-refractivity contribution in [2.24, 2.45) is 5.92 Å². The summed E-state index contributed by atoms with van der Waals surface area (Å²) in [5.41, 5.74) is 3.86. The maximum atomic E-state index is 12.2. The molecule has 0 aliphatic carbocycles. The van der Waals surface area contributed by atoms with Gasteiger partial charge in [-0.1, -0.05) is 13.8 Å². The Morgan fingerprint density at radius 2 is 2.10 bits per heavy atom. The third-order valence-corrected chi connectivity index (χ3v) is 3.68. The van der Waals surface area contributed by atoms with Crippen molar-refractivity contribution in [1.29, 1.82) is 0 Å². The van der Waals surface area contributed by atoms with Crippen LogP contribution in [0.2, 0.25) is 0 Å². The molecule has 4 heteroatoms. The number of hydrogen-bond acceptors (Lipinski definition) is 2. The van der Waals surface area contributed by atoms with E-state index in [4.69, 9.17) is 0 Å².